The quantitative estimate of drug-likeness (QED) is 0.405. The van der Waals surface area contributed by atoms with E-state index in [1.54, 1.807) is 15.8 Å². The van der Waals surface area contributed by atoms with Crippen LogP contribution in [0.2, 0.25) is 10.0 Å². The van der Waals surface area contributed by atoms with Crippen molar-refractivity contribution in [1.29, 1.82) is 0 Å². The summed E-state index contributed by atoms with van der Waals surface area (Å²) < 4.78 is 2.54. The van der Waals surface area contributed by atoms with Crippen LogP contribution in [-0.2, 0) is 16.1 Å². The molecule has 3 aromatic rings. The van der Waals surface area contributed by atoms with Gasteiger partial charge in [-0.2, -0.15) is 0 Å². The molecule has 196 valence electrons. The monoisotopic (exact) mass is 618 g/mol. The van der Waals surface area contributed by atoms with Crippen molar-refractivity contribution in [1.82, 2.24) is 29.7 Å². The van der Waals surface area contributed by atoms with Crippen molar-refractivity contribution in [2.24, 2.45) is 0 Å². The van der Waals surface area contributed by atoms with Crippen LogP contribution in [0.15, 0.2) is 41.0 Å². The normalized spacial score (nSPS) is 16.3. The predicted molar refractivity (Wildman–Crippen MR) is 142 cm³/mol. The molecule has 13 heteroatoms. The summed E-state index contributed by atoms with van der Waals surface area (Å²) in [6, 6.07) is 7.35. The Kier molecular flexibility index (Phi) is 7.01. The third-order valence-electron chi connectivity index (χ3n) is 6.65. The van der Waals surface area contributed by atoms with E-state index < -0.39 is 23.8 Å². The van der Waals surface area contributed by atoms with Crippen LogP contribution in [0.25, 0.3) is 5.69 Å². The van der Waals surface area contributed by atoms with Crippen LogP contribution in [-0.4, -0.2) is 79.0 Å². The Morgan fingerprint density at radius 2 is 1.74 bits per heavy atom. The first-order valence-electron chi connectivity index (χ1n) is 11.7. The zero-order chi connectivity index (χ0) is 27.3. The van der Waals surface area contributed by atoms with Gasteiger partial charge in [-0.25, -0.2) is 4.68 Å². The van der Waals surface area contributed by atoms with Crippen LogP contribution >= 0.6 is 39.1 Å². The maximum atomic E-state index is 13.2. The lowest BCUT2D eigenvalue weighted by molar-refractivity contribution is -0.147. The van der Waals surface area contributed by atoms with E-state index >= 15 is 0 Å². The molecule has 2 aliphatic rings. The molecule has 2 aliphatic heterocycles. The van der Waals surface area contributed by atoms with Crippen LogP contribution in [0.5, 0.6) is 0 Å². The smallest absolute Gasteiger partial charge is 0.262 e. The minimum atomic E-state index is -1.10. The summed E-state index contributed by atoms with van der Waals surface area (Å²) in [6.07, 6.45) is 1.76. The van der Waals surface area contributed by atoms with Gasteiger partial charge in [-0.3, -0.25) is 24.1 Å². The zero-order valence-corrected chi connectivity index (χ0v) is 23.4. The van der Waals surface area contributed by atoms with E-state index in [1.807, 2.05) is 25.1 Å². The number of fused-ring (bicyclic) bond motifs is 1. The number of hydrogen-bond donors (Lipinski definition) is 0. The number of nitrogens with zero attached hydrogens (tertiary/aromatic N) is 6. The number of amides is 4. The van der Waals surface area contributed by atoms with Crippen molar-refractivity contribution in [3.8, 4) is 5.69 Å². The van der Waals surface area contributed by atoms with E-state index in [9.17, 15) is 19.2 Å². The highest BCUT2D eigenvalue weighted by atomic mass is 79.9. The number of halogens is 3. The molecule has 38 heavy (non-hydrogen) atoms. The average Bonchev–Trinajstić information content (AvgIpc) is 3.44. The summed E-state index contributed by atoms with van der Waals surface area (Å²) in [7, 11) is 0. The lowest BCUT2D eigenvalue weighted by Crippen LogP contribution is -2.56. The van der Waals surface area contributed by atoms with E-state index in [0.29, 0.717) is 5.69 Å². The molecule has 1 atom stereocenters. The summed E-state index contributed by atoms with van der Waals surface area (Å²) in [5, 5.41) is 8.65. The molecule has 1 fully saturated rings. The Bertz CT molecular complexity index is 1470. The van der Waals surface area contributed by atoms with Gasteiger partial charge in [0, 0.05) is 17.6 Å². The molecule has 1 aromatic heterocycles. The number of benzene rings is 2. The van der Waals surface area contributed by atoms with Gasteiger partial charge in [-0.1, -0.05) is 40.5 Å². The Morgan fingerprint density at radius 1 is 1.08 bits per heavy atom. The second kappa shape index (κ2) is 10.1. The van der Waals surface area contributed by atoms with E-state index in [2.05, 4.69) is 26.2 Å². The molecule has 0 aliphatic carbocycles. The fourth-order valence-corrected chi connectivity index (χ4v) is 5.31. The summed E-state index contributed by atoms with van der Waals surface area (Å²) in [5.74, 6) is -2.03. The van der Waals surface area contributed by atoms with Crippen molar-refractivity contribution in [3.63, 3.8) is 0 Å². The maximum absolute atomic E-state index is 13.2. The molecule has 2 aromatic carbocycles. The lowest BCUT2D eigenvalue weighted by atomic mass is 10.1. The maximum Gasteiger partial charge on any atom is 0.262 e. The van der Waals surface area contributed by atoms with Gasteiger partial charge in [0.15, 0.2) is 0 Å². The average molecular weight is 620 g/mol. The third kappa shape index (κ3) is 4.59. The minimum absolute atomic E-state index is 0.0932. The van der Waals surface area contributed by atoms with Gasteiger partial charge < -0.3 is 9.80 Å². The van der Waals surface area contributed by atoms with Crippen LogP contribution in [0.3, 0.4) is 0 Å². The molecule has 5 rings (SSSR count). The van der Waals surface area contributed by atoms with Crippen LogP contribution in [0.1, 0.15) is 38.9 Å². The van der Waals surface area contributed by atoms with Crippen molar-refractivity contribution in [2.45, 2.75) is 26.4 Å². The molecule has 0 bridgehead atoms. The van der Waals surface area contributed by atoms with Crippen LogP contribution < -0.4 is 0 Å². The van der Waals surface area contributed by atoms with Crippen molar-refractivity contribution < 1.29 is 19.2 Å². The molecule has 10 nitrogen and oxygen atoms in total. The number of aryl methyl sites for hydroxylation is 1. The van der Waals surface area contributed by atoms with Crippen molar-refractivity contribution in [2.75, 3.05) is 19.6 Å². The first-order valence-corrected chi connectivity index (χ1v) is 13.2. The van der Waals surface area contributed by atoms with E-state index in [1.165, 1.54) is 24.0 Å². The van der Waals surface area contributed by atoms with E-state index in [4.69, 9.17) is 23.2 Å². The molecule has 0 spiro atoms. The summed E-state index contributed by atoms with van der Waals surface area (Å²) in [5.41, 5.74) is 2.67. The fraction of sp³-hybridized carbons (Fsp3) is 0.280. The van der Waals surface area contributed by atoms with Crippen molar-refractivity contribution in [3.05, 3.63) is 73.4 Å². The largest absolute Gasteiger partial charge is 0.333 e. The third-order valence-corrected chi connectivity index (χ3v) is 8.40. The van der Waals surface area contributed by atoms with Crippen LogP contribution in [0, 0.1) is 6.92 Å². The number of hydrogen-bond acceptors (Lipinski definition) is 6. The lowest BCUT2D eigenvalue weighted by Gasteiger charge is -2.36. The highest BCUT2D eigenvalue weighted by Gasteiger charge is 2.43. The van der Waals surface area contributed by atoms with E-state index in [0.717, 1.165) is 20.6 Å². The molecule has 1 unspecified atom stereocenters. The summed E-state index contributed by atoms with van der Waals surface area (Å²) in [6.45, 7) is 4.01. The Hall–Kier alpha value is -3.28. The number of imide groups is 1. The van der Waals surface area contributed by atoms with Gasteiger partial charge >= 0.3 is 0 Å². The Labute approximate surface area is 236 Å². The second-order valence-electron chi connectivity index (χ2n) is 9.11. The molecule has 4 amide bonds. The fourth-order valence-electron chi connectivity index (χ4n) is 4.54. The number of piperazine rings is 1. The highest BCUT2D eigenvalue weighted by molar-refractivity contribution is 9.10. The summed E-state index contributed by atoms with van der Waals surface area (Å²) in [4.78, 5) is 55.8. The predicted octanol–water partition coefficient (Wildman–Crippen LogP) is 3.50. The number of carbonyl (C=O) groups excluding carboxylic acids is 4. The van der Waals surface area contributed by atoms with Crippen molar-refractivity contribution >= 4 is 62.8 Å². The van der Waals surface area contributed by atoms with Gasteiger partial charge in [-0.15, -0.1) is 5.10 Å². The first kappa shape index (κ1) is 26.3. The molecule has 0 N–H and O–H groups in total. The number of aromatic nitrogens is 3. The summed E-state index contributed by atoms with van der Waals surface area (Å²) >= 11 is 15.6. The molecule has 1 saturated heterocycles. The number of carbonyl (C=O) groups is 4. The van der Waals surface area contributed by atoms with Gasteiger partial charge in [0.1, 0.15) is 11.7 Å². The SMILES string of the molecule is Cc1cccc(-n2cc(CN3CCN(C(=O)C(C)N4C(=O)c5cc(Cl)c(Cl)cc5C4=O)CC3=O)nn2)c1Br. The zero-order valence-electron chi connectivity index (χ0n) is 20.3. The first-order chi connectivity index (χ1) is 18.1. The van der Waals surface area contributed by atoms with E-state index in [-0.39, 0.29) is 53.3 Å². The molecule has 3 heterocycles. The van der Waals surface area contributed by atoms with Gasteiger partial charge in [0.2, 0.25) is 11.8 Å². The van der Waals surface area contributed by atoms with Crippen LogP contribution in [0.4, 0.5) is 0 Å². The number of rotatable bonds is 5. The molecular formula is C25H21BrCl2N6O4. The van der Waals surface area contributed by atoms with Gasteiger partial charge in [-0.05, 0) is 53.5 Å². The molecular weight excluding hydrogens is 599 g/mol. The topological polar surface area (TPSA) is 109 Å². The second-order valence-corrected chi connectivity index (χ2v) is 10.7. The van der Waals surface area contributed by atoms with Gasteiger partial charge in [0.25, 0.3) is 11.8 Å². The minimum Gasteiger partial charge on any atom is -0.333 e. The Morgan fingerprint density at radius 3 is 2.37 bits per heavy atom. The molecule has 0 radical (unpaired) electrons. The van der Waals surface area contributed by atoms with Gasteiger partial charge in [0.05, 0.1) is 46.1 Å². The highest BCUT2D eigenvalue weighted by Crippen LogP contribution is 2.33. The molecule has 0 saturated carbocycles. The standard InChI is InChI=1S/C25H21BrCl2N6O4/c1-13-4-3-5-20(22(13)26)33-11-15(29-30-33)10-31-6-7-32(12-21(31)35)23(36)14(2)34-24(37)16-8-18(27)19(28)9-17(16)25(34)38/h3-5,8-9,11,14H,6-7,10,12H2,1-2H3. The Balaban J connectivity index is 1.24.